The van der Waals surface area contributed by atoms with Crippen molar-refractivity contribution >= 4 is 85.0 Å². The Morgan fingerprint density at radius 3 is 1.73 bits per heavy atom. The number of furan rings is 1. The zero-order chi connectivity index (χ0) is 29.5. The van der Waals surface area contributed by atoms with Crippen LogP contribution in [0.25, 0.3) is 96.2 Å². The lowest BCUT2D eigenvalue weighted by Gasteiger charge is -2.10. The van der Waals surface area contributed by atoms with Gasteiger partial charge in [0.1, 0.15) is 11.2 Å². The molecule has 0 atom stereocenters. The Hall–Kier alpha value is -5.36. The maximum atomic E-state index is 6.26. The van der Waals surface area contributed by atoms with Gasteiger partial charge in [-0.05, 0) is 60.7 Å². The Labute approximate surface area is 265 Å². The van der Waals surface area contributed by atoms with Crippen molar-refractivity contribution in [1.82, 2.24) is 9.97 Å². The smallest absolute Gasteiger partial charge is 0.160 e. The van der Waals surface area contributed by atoms with Gasteiger partial charge >= 0.3 is 0 Å². The molecule has 0 spiro atoms. The van der Waals surface area contributed by atoms with Crippen LogP contribution in [0.5, 0.6) is 0 Å². The maximum Gasteiger partial charge on any atom is 0.160 e. The van der Waals surface area contributed by atoms with Crippen LogP contribution >= 0.6 is 22.7 Å². The van der Waals surface area contributed by atoms with Crippen molar-refractivity contribution < 1.29 is 4.42 Å². The summed E-state index contributed by atoms with van der Waals surface area (Å²) in [5.41, 5.74) is 6.58. The molecule has 0 aliphatic rings. The van der Waals surface area contributed by atoms with Crippen LogP contribution in [0.15, 0.2) is 138 Å². The predicted molar refractivity (Wildman–Crippen MR) is 191 cm³/mol. The molecular weight excluding hydrogens is 589 g/mol. The molecule has 6 aromatic carbocycles. The van der Waals surface area contributed by atoms with Crippen molar-refractivity contribution in [3.63, 3.8) is 0 Å². The summed E-state index contributed by atoms with van der Waals surface area (Å²) in [6.07, 6.45) is 0. The average Bonchev–Trinajstić information content (AvgIpc) is 3.78. The third-order valence-electron chi connectivity index (χ3n) is 8.71. The molecule has 10 rings (SSSR count). The van der Waals surface area contributed by atoms with Crippen LogP contribution in [0.3, 0.4) is 0 Å². The highest BCUT2D eigenvalue weighted by atomic mass is 32.1. The number of para-hydroxylation sites is 1. The lowest BCUT2D eigenvalue weighted by molar-refractivity contribution is 0.669. The number of hydrogen-bond acceptors (Lipinski definition) is 5. The van der Waals surface area contributed by atoms with E-state index in [0.29, 0.717) is 5.82 Å². The number of nitrogens with zero attached hydrogens (tertiary/aromatic N) is 2. The Morgan fingerprint density at radius 1 is 0.378 bits per heavy atom. The minimum atomic E-state index is 0.709. The Balaban J connectivity index is 1.19. The first-order valence-electron chi connectivity index (χ1n) is 14.9. The molecule has 0 saturated carbocycles. The van der Waals surface area contributed by atoms with Crippen LogP contribution in [0, 0.1) is 0 Å². The summed E-state index contributed by atoms with van der Waals surface area (Å²) in [5.74, 6) is 0.709. The lowest BCUT2D eigenvalue weighted by Crippen LogP contribution is -1.96. The zero-order valence-electron chi connectivity index (χ0n) is 23.8. The van der Waals surface area contributed by atoms with Gasteiger partial charge in [-0.15, -0.1) is 22.7 Å². The van der Waals surface area contributed by atoms with E-state index in [1.807, 2.05) is 34.8 Å². The number of rotatable bonds is 3. The van der Waals surface area contributed by atoms with E-state index >= 15 is 0 Å². The molecule has 0 radical (unpaired) electrons. The normalized spacial score (nSPS) is 12.0. The summed E-state index contributed by atoms with van der Waals surface area (Å²) in [5, 5.41) is 7.30. The van der Waals surface area contributed by atoms with Gasteiger partial charge in [-0.25, -0.2) is 9.97 Å². The van der Waals surface area contributed by atoms with Crippen molar-refractivity contribution in [2.45, 2.75) is 0 Å². The Bertz CT molecular complexity index is 2650. The average molecular weight is 611 g/mol. The molecule has 0 amide bonds. The molecule has 5 heteroatoms. The van der Waals surface area contributed by atoms with Gasteiger partial charge in [0.2, 0.25) is 0 Å². The van der Waals surface area contributed by atoms with E-state index in [4.69, 9.17) is 14.4 Å². The van der Waals surface area contributed by atoms with E-state index in [-0.39, 0.29) is 0 Å². The molecule has 0 saturated heterocycles. The van der Waals surface area contributed by atoms with Gasteiger partial charge in [0.25, 0.3) is 0 Å². The molecule has 0 fully saturated rings. The summed E-state index contributed by atoms with van der Waals surface area (Å²) in [4.78, 5) is 10.4. The highest BCUT2D eigenvalue weighted by molar-refractivity contribution is 7.26. The number of hydrogen-bond donors (Lipinski definition) is 0. The minimum Gasteiger partial charge on any atom is -0.456 e. The molecule has 10 aromatic rings. The largest absolute Gasteiger partial charge is 0.456 e. The fraction of sp³-hybridized carbons (Fsp3) is 0. The summed E-state index contributed by atoms with van der Waals surface area (Å²) >= 11 is 3.64. The van der Waals surface area contributed by atoms with Gasteiger partial charge in [0.05, 0.1) is 11.4 Å². The van der Waals surface area contributed by atoms with E-state index in [1.165, 1.54) is 40.3 Å². The molecule has 4 heterocycles. The summed E-state index contributed by atoms with van der Waals surface area (Å²) in [6.45, 7) is 0. The molecule has 45 heavy (non-hydrogen) atoms. The van der Waals surface area contributed by atoms with Crippen molar-refractivity contribution in [3.8, 4) is 33.9 Å². The second-order valence-corrected chi connectivity index (χ2v) is 13.6. The third kappa shape index (κ3) is 3.95. The topological polar surface area (TPSA) is 38.9 Å². The van der Waals surface area contributed by atoms with E-state index in [1.54, 1.807) is 0 Å². The SMILES string of the molecule is c1ccc2c(c1)oc1cc(-c3cc(-c4ccc5c(c4)sc4ccccc45)nc(-c4ccc5sc6ccccc6c5c4)n3)ccc12. The van der Waals surface area contributed by atoms with Gasteiger partial charge in [0, 0.05) is 67.8 Å². The van der Waals surface area contributed by atoms with Crippen LogP contribution in [-0.2, 0) is 0 Å². The molecule has 4 aromatic heterocycles. The number of thiophene rings is 2. The first kappa shape index (κ1) is 25.0. The fourth-order valence-electron chi connectivity index (χ4n) is 6.51. The van der Waals surface area contributed by atoms with Gasteiger partial charge in [-0.2, -0.15) is 0 Å². The molecule has 0 bridgehead atoms. The van der Waals surface area contributed by atoms with Crippen LogP contribution in [-0.4, -0.2) is 9.97 Å². The highest BCUT2D eigenvalue weighted by Crippen LogP contribution is 2.39. The molecule has 0 N–H and O–H groups in total. The highest BCUT2D eigenvalue weighted by Gasteiger charge is 2.16. The van der Waals surface area contributed by atoms with E-state index in [0.717, 1.165) is 50.0 Å². The van der Waals surface area contributed by atoms with Crippen molar-refractivity contribution in [3.05, 3.63) is 133 Å². The van der Waals surface area contributed by atoms with Gasteiger partial charge in [-0.1, -0.05) is 72.8 Å². The predicted octanol–water partition coefficient (Wildman–Crippen LogP) is 12.1. The lowest BCUT2D eigenvalue weighted by atomic mass is 10.0. The number of aromatic nitrogens is 2. The molecule has 3 nitrogen and oxygen atoms in total. The van der Waals surface area contributed by atoms with Crippen LogP contribution < -0.4 is 0 Å². The molecule has 0 aliphatic heterocycles. The number of benzene rings is 6. The standard InChI is InChI=1S/C40H22N2OS2/c1-4-10-34-26(7-1)27-16-13-23(20-35(27)43-34)32-22-33(24-14-17-30-28-8-2-5-11-36(28)45-39(30)21-24)42-40(41-32)25-15-18-38-31(19-25)29-9-3-6-12-37(29)44-38/h1-22H. The third-order valence-corrected chi connectivity index (χ3v) is 11.0. The van der Waals surface area contributed by atoms with E-state index < -0.39 is 0 Å². The summed E-state index contributed by atoms with van der Waals surface area (Å²) in [6, 6.07) is 47.2. The molecule has 0 aliphatic carbocycles. The quantitative estimate of drug-likeness (QED) is 0.200. The molecular formula is C40H22N2OS2. The monoisotopic (exact) mass is 610 g/mol. The van der Waals surface area contributed by atoms with Gasteiger partial charge in [-0.3, -0.25) is 0 Å². The van der Waals surface area contributed by atoms with Gasteiger partial charge < -0.3 is 4.42 Å². The second kappa shape index (κ2) is 9.57. The van der Waals surface area contributed by atoms with Crippen LogP contribution in [0.4, 0.5) is 0 Å². The van der Waals surface area contributed by atoms with Crippen LogP contribution in [0.2, 0.25) is 0 Å². The van der Waals surface area contributed by atoms with Crippen molar-refractivity contribution in [1.29, 1.82) is 0 Å². The van der Waals surface area contributed by atoms with Crippen LogP contribution in [0.1, 0.15) is 0 Å². The second-order valence-electron chi connectivity index (χ2n) is 11.4. The van der Waals surface area contributed by atoms with Gasteiger partial charge in [0.15, 0.2) is 5.82 Å². The maximum absolute atomic E-state index is 6.26. The van der Waals surface area contributed by atoms with E-state index in [9.17, 15) is 0 Å². The number of fused-ring (bicyclic) bond motifs is 9. The Morgan fingerprint density at radius 2 is 0.933 bits per heavy atom. The van der Waals surface area contributed by atoms with Crippen molar-refractivity contribution in [2.24, 2.45) is 0 Å². The summed E-state index contributed by atoms with van der Waals surface area (Å²) in [7, 11) is 0. The van der Waals surface area contributed by atoms with Crippen molar-refractivity contribution in [2.75, 3.05) is 0 Å². The first-order chi connectivity index (χ1) is 22.2. The summed E-state index contributed by atoms with van der Waals surface area (Å²) < 4.78 is 11.4. The molecule has 0 unspecified atom stereocenters. The Kier molecular flexibility index (Phi) is 5.32. The molecule has 210 valence electrons. The van der Waals surface area contributed by atoms with E-state index in [2.05, 4.69) is 121 Å². The first-order valence-corrected chi connectivity index (χ1v) is 16.5. The minimum absolute atomic E-state index is 0.709. The zero-order valence-corrected chi connectivity index (χ0v) is 25.5. The fourth-order valence-corrected chi connectivity index (χ4v) is 8.74.